The lowest BCUT2D eigenvalue weighted by Crippen LogP contribution is -2.15. The first-order chi connectivity index (χ1) is 10.5. The molecule has 6 heteroatoms. The van der Waals surface area contributed by atoms with E-state index in [0.29, 0.717) is 24.0 Å². The number of hydrogen-bond acceptors (Lipinski definition) is 2. The summed E-state index contributed by atoms with van der Waals surface area (Å²) in [6, 6.07) is 8.17. The molecule has 1 fully saturated rings. The highest BCUT2D eigenvalue weighted by Gasteiger charge is 2.34. The van der Waals surface area contributed by atoms with Gasteiger partial charge in [0.05, 0.1) is 0 Å². The maximum absolute atomic E-state index is 12.8. The first-order valence-corrected chi connectivity index (χ1v) is 7.44. The zero-order chi connectivity index (χ0) is 15.7. The lowest BCUT2D eigenvalue weighted by Gasteiger charge is -2.07. The van der Waals surface area contributed by atoms with Gasteiger partial charge in [-0.05, 0) is 25.3 Å². The summed E-state index contributed by atoms with van der Waals surface area (Å²) in [5.74, 6) is 0.358. The number of alkyl halides is 3. The largest absolute Gasteiger partial charge is 0.434 e. The first kappa shape index (κ1) is 15.1. The van der Waals surface area contributed by atoms with E-state index in [-0.39, 0.29) is 0 Å². The van der Waals surface area contributed by atoms with Crippen molar-refractivity contribution in [3.63, 3.8) is 0 Å². The Morgan fingerprint density at radius 1 is 1.23 bits per heavy atom. The molecule has 1 aromatic heterocycles. The van der Waals surface area contributed by atoms with Gasteiger partial charge in [0.25, 0.3) is 0 Å². The Morgan fingerprint density at radius 2 is 1.91 bits per heavy atom. The maximum Gasteiger partial charge on any atom is 0.434 e. The summed E-state index contributed by atoms with van der Waals surface area (Å²) in [6.45, 7) is 3.05. The van der Waals surface area contributed by atoms with Gasteiger partial charge < -0.3 is 9.88 Å². The van der Waals surface area contributed by atoms with Crippen molar-refractivity contribution < 1.29 is 13.2 Å². The van der Waals surface area contributed by atoms with Crippen LogP contribution in [0.25, 0.3) is 11.4 Å². The van der Waals surface area contributed by atoms with Crippen LogP contribution in [0.2, 0.25) is 0 Å². The lowest BCUT2D eigenvalue weighted by atomic mass is 10.1. The normalized spacial score (nSPS) is 15.3. The number of imidazole rings is 1. The monoisotopic (exact) mass is 309 g/mol. The van der Waals surface area contributed by atoms with Crippen LogP contribution in [0.4, 0.5) is 13.2 Å². The molecular weight excluding hydrogens is 291 g/mol. The number of halogens is 3. The van der Waals surface area contributed by atoms with Crippen LogP contribution in [0.3, 0.4) is 0 Å². The summed E-state index contributed by atoms with van der Waals surface area (Å²) in [5.41, 5.74) is 0.984. The topological polar surface area (TPSA) is 29.9 Å². The average Bonchev–Trinajstić information content (AvgIpc) is 3.21. The Bertz CT molecular complexity index is 640. The molecule has 0 radical (unpaired) electrons. The van der Waals surface area contributed by atoms with Gasteiger partial charge in [-0.2, -0.15) is 13.2 Å². The molecular formula is C16H18F3N3. The molecule has 0 bridgehead atoms. The van der Waals surface area contributed by atoms with E-state index in [4.69, 9.17) is 0 Å². The summed E-state index contributed by atoms with van der Waals surface area (Å²) >= 11 is 0. The van der Waals surface area contributed by atoms with Crippen LogP contribution in [0.15, 0.2) is 30.5 Å². The Labute approximate surface area is 127 Å². The summed E-state index contributed by atoms with van der Waals surface area (Å²) in [5, 5.41) is 3.41. The van der Waals surface area contributed by atoms with Crippen molar-refractivity contribution in [1.82, 2.24) is 14.9 Å². The molecule has 1 aromatic carbocycles. The molecule has 0 unspecified atom stereocenters. The van der Waals surface area contributed by atoms with E-state index in [9.17, 15) is 13.2 Å². The SMILES string of the molecule is CCn1cc(C(F)(F)F)nc1-c1ccc(CNC2CC2)cc1. The fraction of sp³-hybridized carbons (Fsp3) is 0.438. The van der Waals surface area contributed by atoms with Crippen molar-refractivity contribution in [2.24, 2.45) is 0 Å². The zero-order valence-corrected chi connectivity index (χ0v) is 12.3. The minimum Gasteiger partial charge on any atom is -0.331 e. The van der Waals surface area contributed by atoms with Crippen molar-refractivity contribution in [3.05, 3.63) is 41.7 Å². The maximum atomic E-state index is 12.8. The second-order valence-corrected chi connectivity index (χ2v) is 5.59. The third kappa shape index (κ3) is 3.32. The summed E-state index contributed by atoms with van der Waals surface area (Å²) < 4.78 is 39.9. The van der Waals surface area contributed by atoms with Crippen LogP contribution in [0.5, 0.6) is 0 Å². The van der Waals surface area contributed by atoms with Crippen LogP contribution in [0.1, 0.15) is 31.0 Å². The van der Waals surface area contributed by atoms with Crippen molar-refractivity contribution in [2.75, 3.05) is 0 Å². The minimum absolute atomic E-state index is 0.358. The van der Waals surface area contributed by atoms with Gasteiger partial charge in [-0.15, -0.1) is 0 Å². The van der Waals surface area contributed by atoms with E-state index >= 15 is 0 Å². The predicted octanol–water partition coefficient (Wildman–Crippen LogP) is 3.84. The van der Waals surface area contributed by atoms with E-state index in [0.717, 1.165) is 18.3 Å². The molecule has 0 saturated heterocycles. The van der Waals surface area contributed by atoms with Crippen LogP contribution in [-0.2, 0) is 19.3 Å². The highest BCUT2D eigenvalue weighted by atomic mass is 19.4. The molecule has 0 amide bonds. The van der Waals surface area contributed by atoms with Crippen LogP contribution in [-0.4, -0.2) is 15.6 Å². The fourth-order valence-electron chi connectivity index (χ4n) is 2.35. The highest BCUT2D eigenvalue weighted by Crippen LogP contribution is 2.31. The molecule has 118 valence electrons. The van der Waals surface area contributed by atoms with Crippen molar-refractivity contribution in [2.45, 2.75) is 45.1 Å². The molecule has 1 N–H and O–H groups in total. The number of aryl methyl sites for hydroxylation is 1. The van der Waals surface area contributed by atoms with Crippen molar-refractivity contribution >= 4 is 0 Å². The average molecular weight is 309 g/mol. The highest BCUT2D eigenvalue weighted by molar-refractivity contribution is 5.56. The first-order valence-electron chi connectivity index (χ1n) is 7.44. The number of aromatic nitrogens is 2. The molecule has 2 aromatic rings. The molecule has 0 aliphatic heterocycles. The van der Waals surface area contributed by atoms with Gasteiger partial charge in [0.2, 0.25) is 0 Å². The second-order valence-electron chi connectivity index (χ2n) is 5.59. The Balaban J connectivity index is 1.81. The molecule has 1 aliphatic carbocycles. The smallest absolute Gasteiger partial charge is 0.331 e. The molecule has 1 heterocycles. The molecule has 0 atom stereocenters. The number of rotatable bonds is 5. The Hall–Kier alpha value is -1.82. The van der Waals surface area contributed by atoms with Gasteiger partial charge in [0, 0.05) is 30.9 Å². The molecule has 22 heavy (non-hydrogen) atoms. The molecule has 3 nitrogen and oxygen atoms in total. The van der Waals surface area contributed by atoms with E-state index in [1.807, 2.05) is 24.3 Å². The van der Waals surface area contributed by atoms with E-state index in [1.54, 1.807) is 6.92 Å². The Kier molecular flexibility index (Phi) is 3.95. The third-order valence-corrected chi connectivity index (χ3v) is 3.79. The summed E-state index contributed by atoms with van der Waals surface area (Å²) in [7, 11) is 0. The Morgan fingerprint density at radius 3 is 2.45 bits per heavy atom. The fourth-order valence-corrected chi connectivity index (χ4v) is 2.35. The summed E-state index contributed by atoms with van der Waals surface area (Å²) in [6.07, 6.45) is -0.889. The van der Waals surface area contributed by atoms with Gasteiger partial charge in [0.15, 0.2) is 5.69 Å². The molecule has 1 aliphatic rings. The van der Waals surface area contributed by atoms with Gasteiger partial charge in [-0.25, -0.2) is 4.98 Å². The predicted molar refractivity (Wildman–Crippen MR) is 78.2 cm³/mol. The third-order valence-electron chi connectivity index (χ3n) is 3.79. The van der Waals surface area contributed by atoms with Crippen molar-refractivity contribution in [3.8, 4) is 11.4 Å². The minimum atomic E-state index is -4.41. The van der Waals surface area contributed by atoms with Crippen molar-refractivity contribution in [1.29, 1.82) is 0 Å². The van der Waals surface area contributed by atoms with E-state index in [2.05, 4.69) is 10.3 Å². The van der Waals surface area contributed by atoms with E-state index < -0.39 is 11.9 Å². The van der Waals surface area contributed by atoms with Crippen LogP contribution < -0.4 is 5.32 Å². The van der Waals surface area contributed by atoms with E-state index in [1.165, 1.54) is 17.4 Å². The van der Waals surface area contributed by atoms with Crippen LogP contribution >= 0.6 is 0 Å². The number of nitrogens with zero attached hydrogens (tertiary/aromatic N) is 2. The zero-order valence-electron chi connectivity index (χ0n) is 12.3. The lowest BCUT2D eigenvalue weighted by molar-refractivity contribution is -0.140. The summed E-state index contributed by atoms with van der Waals surface area (Å²) in [4.78, 5) is 3.76. The number of benzene rings is 1. The van der Waals surface area contributed by atoms with Gasteiger partial charge in [-0.1, -0.05) is 24.3 Å². The van der Waals surface area contributed by atoms with Gasteiger partial charge in [0.1, 0.15) is 5.82 Å². The molecule has 0 spiro atoms. The number of hydrogen-bond donors (Lipinski definition) is 1. The molecule has 3 rings (SSSR count). The van der Waals surface area contributed by atoms with Crippen LogP contribution in [0, 0.1) is 0 Å². The standard InChI is InChI=1S/C16H18F3N3/c1-2-22-10-14(16(17,18)19)21-15(22)12-5-3-11(4-6-12)9-20-13-7-8-13/h3-6,10,13,20H,2,7-9H2,1H3. The number of nitrogens with one attached hydrogen (secondary N) is 1. The van der Waals surface area contributed by atoms with Gasteiger partial charge >= 0.3 is 6.18 Å². The van der Waals surface area contributed by atoms with Gasteiger partial charge in [-0.3, -0.25) is 0 Å². The molecule has 1 saturated carbocycles. The second kappa shape index (κ2) is 5.76. The quantitative estimate of drug-likeness (QED) is 0.909.